The first-order chi connectivity index (χ1) is 13.2. The average molecular weight is 402 g/mol. The van der Waals surface area contributed by atoms with Gasteiger partial charge in [-0.25, -0.2) is 17.9 Å². The third-order valence-electron chi connectivity index (χ3n) is 3.87. The van der Waals surface area contributed by atoms with Gasteiger partial charge in [-0.1, -0.05) is 24.3 Å². The van der Waals surface area contributed by atoms with Crippen molar-refractivity contribution in [3.8, 4) is 0 Å². The van der Waals surface area contributed by atoms with E-state index in [0.717, 1.165) is 5.56 Å². The third-order valence-corrected chi connectivity index (χ3v) is 5.31. The van der Waals surface area contributed by atoms with E-state index in [1.54, 1.807) is 12.1 Å². The second kappa shape index (κ2) is 9.29. The highest BCUT2D eigenvalue weighted by Gasteiger charge is 2.20. The number of benzene rings is 2. The summed E-state index contributed by atoms with van der Waals surface area (Å²) in [6.07, 6.45) is 0.400. The molecule has 1 unspecified atom stereocenters. The molecule has 0 aliphatic carbocycles. The van der Waals surface area contributed by atoms with E-state index in [4.69, 9.17) is 4.74 Å². The maximum absolute atomic E-state index is 12.2. The molecule has 2 N–H and O–H groups in total. The fraction of sp³-hybridized carbons (Fsp3) is 0.200. The highest BCUT2D eigenvalue weighted by Crippen LogP contribution is 2.15. The summed E-state index contributed by atoms with van der Waals surface area (Å²) in [7, 11) is -3.68. The summed E-state index contributed by atoms with van der Waals surface area (Å²) >= 11 is 0. The smallest absolute Gasteiger partial charge is 0.338 e. The fourth-order valence-corrected chi connectivity index (χ4v) is 3.25. The number of anilines is 1. The van der Waals surface area contributed by atoms with Crippen molar-refractivity contribution in [1.29, 1.82) is 0 Å². The first-order valence-corrected chi connectivity index (χ1v) is 10.0. The van der Waals surface area contributed by atoms with Gasteiger partial charge in [-0.05, 0) is 49.7 Å². The Kier molecular flexibility index (Phi) is 7.08. The van der Waals surface area contributed by atoms with Crippen molar-refractivity contribution in [3.05, 3.63) is 72.3 Å². The maximum atomic E-state index is 12.2. The molecular formula is C20H22N2O5S. The summed E-state index contributed by atoms with van der Waals surface area (Å²) in [6, 6.07) is 12.5. The van der Waals surface area contributed by atoms with Crippen molar-refractivity contribution < 1.29 is 22.7 Å². The Labute approximate surface area is 164 Å². The second-order valence-electron chi connectivity index (χ2n) is 6.02. The van der Waals surface area contributed by atoms with E-state index in [1.165, 1.54) is 37.3 Å². The standard InChI is InChI=1S/C20H22N2O5S/c1-4-13-21-28(25,26)17-11-9-16(10-12-17)20(24)27-15(3)19(23)22-18-8-6-5-7-14(18)2/h4-12,15,21H,1,13H2,2-3H3,(H,22,23). The molecule has 0 saturated heterocycles. The van der Waals surface area contributed by atoms with Crippen LogP contribution in [-0.4, -0.2) is 32.9 Å². The van der Waals surface area contributed by atoms with Crippen LogP contribution in [0.4, 0.5) is 5.69 Å². The van der Waals surface area contributed by atoms with Crippen molar-refractivity contribution in [2.24, 2.45) is 0 Å². The number of aryl methyl sites for hydroxylation is 1. The minimum atomic E-state index is -3.68. The van der Waals surface area contributed by atoms with Gasteiger partial charge in [-0.15, -0.1) is 6.58 Å². The molecule has 8 heteroatoms. The zero-order valence-corrected chi connectivity index (χ0v) is 16.5. The van der Waals surface area contributed by atoms with Crippen molar-refractivity contribution in [1.82, 2.24) is 4.72 Å². The molecule has 7 nitrogen and oxygen atoms in total. The number of carbonyl (C=O) groups is 2. The van der Waals surface area contributed by atoms with Crippen LogP contribution in [0.15, 0.2) is 66.1 Å². The number of para-hydroxylation sites is 1. The van der Waals surface area contributed by atoms with Crippen molar-refractivity contribution in [2.75, 3.05) is 11.9 Å². The van der Waals surface area contributed by atoms with Crippen molar-refractivity contribution in [3.63, 3.8) is 0 Å². The highest BCUT2D eigenvalue weighted by molar-refractivity contribution is 7.89. The summed E-state index contributed by atoms with van der Waals surface area (Å²) in [4.78, 5) is 24.5. The van der Waals surface area contributed by atoms with Crippen molar-refractivity contribution >= 4 is 27.6 Å². The van der Waals surface area contributed by atoms with Crippen LogP contribution in [0, 0.1) is 6.92 Å². The summed E-state index contributed by atoms with van der Waals surface area (Å²) in [5.41, 5.74) is 1.66. The monoisotopic (exact) mass is 402 g/mol. The second-order valence-corrected chi connectivity index (χ2v) is 7.78. The largest absolute Gasteiger partial charge is 0.449 e. The lowest BCUT2D eigenvalue weighted by molar-refractivity contribution is -0.123. The Morgan fingerprint density at radius 2 is 1.79 bits per heavy atom. The van der Waals surface area contributed by atoms with Crippen LogP contribution in [0.3, 0.4) is 0 Å². The van der Waals surface area contributed by atoms with Gasteiger partial charge in [0, 0.05) is 12.2 Å². The SMILES string of the molecule is C=CCNS(=O)(=O)c1ccc(C(=O)OC(C)C(=O)Nc2ccccc2C)cc1. The third kappa shape index (κ3) is 5.51. The summed E-state index contributed by atoms with van der Waals surface area (Å²) in [6.45, 7) is 6.86. The van der Waals surface area contributed by atoms with Crippen LogP contribution in [0.2, 0.25) is 0 Å². The quantitative estimate of drug-likeness (QED) is 0.522. The van der Waals surface area contributed by atoms with Crippen LogP contribution >= 0.6 is 0 Å². The van der Waals surface area contributed by atoms with Crippen LogP contribution in [-0.2, 0) is 19.6 Å². The van der Waals surface area contributed by atoms with Crippen LogP contribution in [0.1, 0.15) is 22.8 Å². The van der Waals surface area contributed by atoms with Gasteiger partial charge in [0.05, 0.1) is 10.5 Å². The molecule has 0 fully saturated rings. The van der Waals surface area contributed by atoms with Gasteiger partial charge in [-0.3, -0.25) is 4.79 Å². The average Bonchev–Trinajstić information content (AvgIpc) is 2.68. The van der Waals surface area contributed by atoms with E-state index in [0.29, 0.717) is 5.69 Å². The van der Waals surface area contributed by atoms with Gasteiger partial charge >= 0.3 is 5.97 Å². The Hall–Kier alpha value is -2.97. The number of esters is 1. The molecule has 2 aromatic carbocycles. The Morgan fingerprint density at radius 3 is 2.39 bits per heavy atom. The molecule has 2 rings (SSSR count). The minimum absolute atomic E-state index is 0.0104. The molecule has 1 atom stereocenters. The zero-order valence-electron chi connectivity index (χ0n) is 15.6. The highest BCUT2D eigenvalue weighted by atomic mass is 32.2. The Morgan fingerprint density at radius 1 is 1.14 bits per heavy atom. The number of amides is 1. The first-order valence-electron chi connectivity index (χ1n) is 8.52. The molecule has 0 aromatic heterocycles. The summed E-state index contributed by atoms with van der Waals surface area (Å²) in [5, 5.41) is 2.70. The van der Waals surface area contributed by atoms with Crippen LogP contribution in [0.25, 0.3) is 0 Å². The number of hydrogen-bond donors (Lipinski definition) is 2. The predicted octanol–water partition coefficient (Wildman–Crippen LogP) is 2.64. The topological polar surface area (TPSA) is 102 Å². The zero-order chi connectivity index (χ0) is 20.7. The predicted molar refractivity (Wildman–Crippen MR) is 107 cm³/mol. The lowest BCUT2D eigenvalue weighted by Gasteiger charge is -2.15. The van der Waals surface area contributed by atoms with Gasteiger partial charge in [0.25, 0.3) is 5.91 Å². The van der Waals surface area contributed by atoms with E-state index >= 15 is 0 Å². The lowest BCUT2D eigenvalue weighted by Crippen LogP contribution is -2.30. The van der Waals surface area contributed by atoms with E-state index in [-0.39, 0.29) is 17.0 Å². The van der Waals surface area contributed by atoms with Crippen molar-refractivity contribution in [2.45, 2.75) is 24.8 Å². The molecule has 2 aromatic rings. The van der Waals surface area contributed by atoms with Crippen LogP contribution < -0.4 is 10.0 Å². The molecular weight excluding hydrogens is 380 g/mol. The molecule has 0 bridgehead atoms. The molecule has 0 heterocycles. The molecule has 1 amide bonds. The van der Waals surface area contributed by atoms with Gasteiger partial charge in [0.1, 0.15) is 0 Å². The molecule has 0 aliphatic heterocycles. The summed E-state index contributed by atoms with van der Waals surface area (Å²) < 4.78 is 31.5. The van der Waals surface area contributed by atoms with E-state index < -0.39 is 28.0 Å². The number of sulfonamides is 1. The van der Waals surface area contributed by atoms with E-state index in [1.807, 2.05) is 19.1 Å². The fourth-order valence-electron chi connectivity index (χ4n) is 2.25. The maximum Gasteiger partial charge on any atom is 0.338 e. The molecule has 0 radical (unpaired) electrons. The van der Waals surface area contributed by atoms with Gasteiger partial charge in [0.15, 0.2) is 6.10 Å². The van der Waals surface area contributed by atoms with Gasteiger partial charge in [-0.2, -0.15) is 0 Å². The lowest BCUT2D eigenvalue weighted by atomic mass is 10.2. The number of hydrogen-bond acceptors (Lipinski definition) is 5. The minimum Gasteiger partial charge on any atom is -0.449 e. The van der Waals surface area contributed by atoms with Gasteiger partial charge in [0.2, 0.25) is 10.0 Å². The molecule has 0 spiro atoms. The van der Waals surface area contributed by atoms with Crippen LogP contribution in [0.5, 0.6) is 0 Å². The number of rotatable bonds is 8. The number of carbonyl (C=O) groups excluding carboxylic acids is 2. The number of nitrogens with one attached hydrogen (secondary N) is 2. The Balaban J connectivity index is 2.01. The van der Waals surface area contributed by atoms with E-state index in [9.17, 15) is 18.0 Å². The Bertz CT molecular complexity index is 968. The molecule has 28 heavy (non-hydrogen) atoms. The molecule has 0 saturated carbocycles. The van der Waals surface area contributed by atoms with Gasteiger partial charge < -0.3 is 10.1 Å². The molecule has 0 aliphatic rings. The number of ether oxygens (including phenoxy) is 1. The normalized spacial score (nSPS) is 12.1. The molecule has 148 valence electrons. The van der Waals surface area contributed by atoms with E-state index in [2.05, 4.69) is 16.6 Å². The first kappa shape index (κ1) is 21.3. The summed E-state index contributed by atoms with van der Waals surface area (Å²) in [5.74, 6) is -1.19.